The van der Waals surface area contributed by atoms with Crippen molar-refractivity contribution in [1.82, 2.24) is 0 Å². The van der Waals surface area contributed by atoms with Gasteiger partial charge < -0.3 is 5.73 Å². The molecule has 0 aliphatic carbocycles. The van der Waals surface area contributed by atoms with Crippen LogP contribution >= 0.6 is 0 Å². The summed E-state index contributed by atoms with van der Waals surface area (Å²) >= 11 is 0. The molecule has 1 aromatic carbocycles. The summed E-state index contributed by atoms with van der Waals surface area (Å²) in [5, 5.41) is 0. The zero-order chi connectivity index (χ0) is 13.4. The average Bonchev–Trinajstić information content (AvgIpc) is 2.37. The van der Waals surface area contributed by atoms with E-state index < -0.39 is 0 Å². The third-order valence-electron chi connectivity index (χ3n) is 3.22. The van der Waals surface area contributed by atoms with Gasteiger partial charge in [0.05, 0.1) is 0 Å². The molecule has 0 saturated carbocycles. The minimum absolute atomic E-state index is 0.0909. The fourth-order valence-corrected chi connectivity index (χ4v) is 2.19. The largest absolute Gasteiger partial charge is 0.330 e. The lowest BCUT2D eigenvalue weighted by atomic mass is 9.92. The van der Waals surface area contributed by atoms with Gasteiger partial charge in [0.25, 0.3) is 0 Å². The van der Waals surface area contributed by atoms with E-state index in [0.29, 0.717) is 24.4 Å². The van der Waals surface area contributed by atoms with Crippen LogP contribution in [0.3, 0.4) is 0 Å². The maximum atomic E-state index is 12.7. The highest BCUT2D eigenvalue weighted by Gasteiger charge is 2.11. The molecule has 1 aromatic rings. The van der Waals surface area contributed by atoms with Crippen LogP contribution in [0.2, 0.25) is 0 Å². The molecule has 0 amide bonds. The lowest BCUT2D eigenvalue weighted by Crippen LogP contribution is -2.11. The third-order valence-corrected chi connectivity index (χ3v) is 3.22. The Labute approximate surface area is 108 Å². The van der Waals surface area contributed by atoms with Crippen molar-refractivity contribution in [2.24, 2.45) is 11.7 Å². The summed E-state index contributed by atoms with van der Waals surface area (Å²) < 4.78 is 12.7. The predicted molar refractivity (Wildman–Crippen MR) is 72.0 cm³/mol. The molecule has 0 bridgehead atoms. The Balaban J connectivity index is 2.46. The fraction of sp³-hybridized carbons (Fsp3) is 0.533. The second-order valence-electron chi connectivity index (χ2n) is 4.70. The smallest absolute Gasteiger partial charge is 0.162 e. The summed E-state index contributed by atoms with van der Waals surface area (Å²) in [6.07, 6.45) is 4.62. The van der Waals surface area contributed by atoms with Crippen molar-refractivity contribution >= 4 is 5.78 Å². The van der Waals surface area contributed by atoms with E-state index in [1.807, 2.05) is 0 Å². The monoisotopic (exact) mass is 251 g/mol. The summed E-state index contributed by atoms with van der Waals surface area (Å²) in [6, 6.07) is 5.76. The number of nitrogens with two attached hydrogens (primary N) is 1. The maximum Gasteiger partial charge on any atom is 0.162 e. The van der Waals surface area contributed by atoms with Gasteiger partial charge in [0, 0.05) is 12.0 Å². The van der Waals surface area contributed by atoms with Gasteiger partial charge in [-0.15, -0.1) is 0 Å². The van der Waals surface area contributed by atoms with E-state index in [4.69, 9.17) is 5.73 Å². The number of benzene rings is 1. The molecule has 0 radical (unpaired) electrons. The van der Waals surface area contributed by atoms with Crippen LogP contribution in [0.25, 0.3) is 0 Å². The zero-order valence-electron chi connectivity index (χ0n) is 11.0. The first-order valence-electron chi connectivity index (χ1n) is 6.66. The van der Waals surface area contributed by atoms with Crippen LogP contribution in [0.15, 0.2) is 24.3 Å². The normalized spacial score (nSPS) is 12.4. The Hall–Kier alpha value is -1.22. The van der Waals surface area contributed by atoms with Crippen molar-refractivity contribution in [2.75, 3.05) is 6.54 Å². The summed E-state index contributed by atoms with van der Waals surface area (Å²) in [5.41, 5.74) is 6.16. The molecule has 100 valence electrons. The van der Waals surface area contributed by atoms with Gasteiger partial charge in [-0.1, -0.05) is 19.8 Å². The van der Waals surface area contributed by atoms with Crippen LogP contribution in [0, 0.1) is 11.7 Å². The van der Waals surface area contributed by atoms with Crippen LogP contribution in [0.1, 0.15) is 49.4 Å². The van der Waals surface area contributed by atoms with Crippen molar-refractivity contribution in [1.29, 1.82) is 0 Å². The van der Waals surface area contributed by atoms with Crippen LogP contribution in [0.5, 0.6) is 0 Å². The molecule has 1 rings (SSSR count). The van der Waals surface area contributed by atoms with Gasteiger partial charge in [0.1, 0.15) is 5.82 Å². The van der Waals surface area contributed by atoms with Gasteiger partial charge in [0.2, 0.25) is 0 Å². The molecule has 2 nitrogen and oxygen atoms in total. The minimum atomic E-state index is -0.307. The molecule has 1 atom stereocenters. The highest BCUT2D eigenvalue weighted by molar-refractivity contribution is 5.95. The molecule has 0 aromatic heterocycles. The first kappa shape index (κ1) is 14.8. The van der Waals surface area contributed by atoms with Gasteiger partial charge >= 0.3 is 0 Å². The van der Waals surface area contributed by atoms with Gasteiger partial charge in [0.15, 0.2) is 5.78 Å². The number of carbonyl (C=O) groups excluding carboxylic acids is 1. The molecule has 0 fully saturated rings. The fourth-order valence-electron chi connectivity index (χ4n) is 2.19. The second-order valence-corrected chi connectivity index (χ2v) is 4.70. The van der Waals surface area contributed by atoms with Crippen LogP contribution in [0.4, 0.5) is 4.39 Å². The number of ketones is 1. The first-order chi connectivity index (χ1) is 8.67. The third kappa shape index (κ3) is 4.96. The maximum absolute atomic E-state index is 12.7. The zero-order valence-corrected chi connectivity index (χ0v) is 11.0. The molecule has 2 N–H and O–H groups in total. The average molecular weight is 251 g/mol. The Bertz CT molecular complexity index is 355. The number of hydrogen-bond acceptors (Lipinski definition) is 2. The molecule has 0 saturated heterocycles. The quantitative estimate of drug-likeness (QED) is 0.718. The van der Waals surface area contributed by atoms with Crippen LogP contribution in [-0.2, 0) is 0 Å². The highest BCUT2D eigenvalue weighted by atomic mass is 19.1. The summed E-state index contributed by atoms with van der Waals surface area (Å²) in [6.45, 7) is 2.82. The molecule has 1 unspecified atom stereocenters. The lowest BCUT2D eigenvalue weighted by molar-refractivity contribution is 0.0972. The topological polar surface area (TPSA) is 43.1 Å². The molecule has 18 heavy (non-hydrogen) atoms. The van der Waals surface area contributed by atoms with Crippen molar-refractivity contribution in [3.8, 4) is 0 Å². The lowest BCUT2D eigenvalue weighted by Gasteiger charge is -2.14. The van der Waals surface area contributed by atoms with E-state index >= 15 is 0 Å². The molecule has 0 aliphatic heterocycles. The van der Waals surface area contributed by atoms with E-state index in [-0.39, 0.29) is 11.6 Å². The summed E-state index contributed by atoms with van der Waals surface area (Å²) in [7, 11) is 0. The van der Waals surface area contributed by atoms with Gasteiger partial charge in [-0.3, -0.25) is 4.79 Å². The molecule has 0 spiro atoms. The van der Waals surface area contributed by atoms with Crippen LogP contribution < -0.4 is 5.73 Å². The van der Waals surface area contributed by atoms with Gasteiger partial charge in [-0.25, -0.2) is 4.39 Å². The number of Topliss-reactive ketones (excluding diaryl/α,β-unsaturated/α-hetero) is 1. The Morgan fingerprint density at radius 1 is 1.22 bits per heavy atom. The van der Waals surface area contributed by atoms with E-state index in [1.54, 1.807) is 12.1 Å². The molecular weight excluding hydrogens is 229 g/mol. The van der Waals surface area contributed by atoms with E-state index in [0.717, 1.165) is 25.7 Å². The minimum Gasteiger partial charge on any atom is -0.330 e. The molecule has 0 aliphatic rings. The van der Waals surface area contributed by atoms with E-state index in [1.165, 1.54) is 12.1 Å². The highest BCUT2D eigenvalue weighted by Crippen LogP contribution is 2.18. The van der Waals surface area contributed by atoms with Crippen molar-refractivity contribution in [3.05, 3.63) is 35.6 Å². The van der Waals surface area contributed by atoms with Crippen molar-refractivity contribution < 1.29 is 9.18 Å². The standard InChI is InChI=1S/C15H22FNO/c1-2-3-12(10-11-17)4-9-15(18)13-5-7-14(16)8-6-13/h5-8,12H,2-4,9-11,17H2,1H3. The second kappa shape index (κ2) is 7.98. The Kier molecular flexibility index (Phi) is 6.58. The molecular formula is C15H22FNO. The predicted octanol–water partition coefficient (Wildman–Crippen LogP) is 3.55. The Morgan fingerprint density at radius 3 is 2.44 bits per heavy atom. The number of halogens is 1. The SMILES string of the molecule is CCCC(CCN)CCC(=O)c1ccc(F)cc1. The summed E-state index contributed by atoms with van der Waals surface area (Å²) in [5.74, 6) is 0.316. The van der Waals surface area contributed by atoms with E-state index in [9.17, 15) is 9.18 Å². The van der Waals surface area contributed by atoms with Gasteiger partial charge in [-0.2, -0.15) is 0 Å². The van der Waals surface area contributed by atoms with Gasteiger partial charge in [-0.05, 0) is 49.6 Å². The number of hydrogen-bond donors (Lipinski definition) is 1. The first-order valence-corrected chi connectivity index (χ1v) is 6.66. The van der Waals surface area contributed by atoms with Crippen LogP contribution in [-0.4, -0.2) is 12.3 Å². The van der Waals surface area contributed by atoms with E-state index in [2.05, 4.69) is 6.92 Å². The van der Waals surface area contributed by atoms with Crippen molar-refractivity contribution in [3.63, 3.8) is 0 Å². The summed E-state index contributed by atoms with van der Waals surface area (Å²) in [4.78, 5) is 11.9. The molecule has 0 heterocycles. The van der Waals surface area contributed by atoms with Crippen molar-refractivity contribution in [2.45, 2.75) is 39.0 Å². The molecule has 3 heteroatoms. The Morgan fingerprint density at radius 2 is 1.89 bits per heavy atom. The number of rotatable bonds is 8. The number of carbonyl (C=O) groups is 1.